The number of rotatable bonds is 3. The highest BCUT2D eigenvalue weighted by Crippen LogP contribution is 2.32. The number of nitro benzene ring substituents is 1. The molecule has 18 heavy (non-hydrogen) atoms. The Kier molecular flexibility index (Phi) is 3.95. The maximum Gasteiger partial charge on any atom is 0.416 e. The lowest BCUT2D eigenvalue weighted by molar-refractivity contribution is -0.385. The lowest BCUT2D eigenvalue weighted by Crippen LogP contribution is -2.06. The van der Waals surface area contributed by atoms with E-state index < -0.39 is 16.7 Å². The van der Waals surface area contributed by atoms with Gasteiger partial charge in [-0.3, -0.25) is 10.1 Å². The molecule has 0 aromatic heterocycles. The van der Waals surface area contributed by atoms with E-state index in [9.17, 15) is 23.3 Å². The topological polar surface area (TPSA) is 46.4 Å². The summed E-state index contributed by atoms with van der Waals surface area (Å²) in [5.74, 6) is 0. The number of halogens is 3. The normalized spacial score (nSPS) is 11.8. The molecule has 0 spiro atoms. The Balaban J connectivity index is 3.29. The molecular weight excluding hydrogens is 249 g/mol. The first-order chi connectivity index (χ1) is 8.21. The van der Waals surface area contributed by atoms with Crippen LogP contribution in [0.1, 0.15) is 11.1 Å². The standard InChI is InChI=1S/C11H11F3N2O2/c1-15(2)6-5-8-7-9(11(12,13)14)3-4-10(8)16(17)18/h3-7H,1-2H3. The van der Waals surface area contributed by atoms with Crippen LogP contribution in [0.25, 0.3) is 6.08 Å². The summed E-state index contributed by atoms with van der Waals surface area (Å²) >= 11 is 0. The van der Waals surface area contributed by atoms with Gasteiger partial charge < -0.3 is 4.90 Å². The first-order valence-electron chi connectivity index (χ1n) is 4.92. The summed E-state index contributed by atoms with van der Waals surface area (Å²) in [4.78, 5) is 11.6. The zero-order valence-electron chi connectivity index (χ0n) is 9.73. The molecule has 0 fully saturated rings. The second kappa shape index (κ2) is 5.07. The van der Waals surface area contributed by atoms with Gasteiger partial charge in [0.2, 0.25) is 0 Å². The van der Waals surface area contributed by atoms with Gasteiger partial charge in [0.25, 0.3) is 5.69 Å². The summed E-state index contributed by atoms with van der Waals surface area (Å²) in [6.07, 6.45) is -1.80. The van der Waals surface area contributed by atoms with Crippen molar-refractivity contribution in [3.05, 3.63) is 45.6 Å². The van der Waals surface area contributed by atoms with E-state index in [2.05, 4.69) is 0 Å². The van der Waals surface area contributed by atoms with Crippen LogP contribution in [0, 0.1) is 10.1 Å². The van der Waals surface area contributed by atoms with Crippen LogP contribution in [-0.2, 0) is 6.18 Å². The zero-order chi connectivity index (χ0) is 13.9. The second-order valence-electron chi connectivity index (χ2n) is 3.81. The Morgan fingerprint density at radius 2 is 1.94 bits per heavy atom. The predicted octanol–water partition coefficient (Wildman–Crippen LogP) is 3.15. The number of alkyl halides is 3. The predicted molar refractivity (Wildman–Crippen MR) is 60.8 cm³/mol. The highest BCUT2D eigenvalue weighted by molar-refractivity contribution is 5.62. The van der Waals surface area contributed by atoms with Crippen LogP contribution >= 0.6 is 0 Å². The van der Waals surface area contributed by atoms with E-state index in [1.807, 2.05) is 0 Å². The highest BCUT2D eigenvalue weighted by Gasteiger charge is 2.31. The summed E-state index contributed by atoms with van der Waals surface area (Å²) in [6, 6.07) is 2.32. The van der Waals surface area contributed by atoms with Gasteiger partial charge in [-0.2, -0.15) is 13.2 Å². The van der Waals surface area contributed by atoms with Crippen LogP contribution < -0.4 is 0 Å². The van der Waals surface area contributed by atoms with Gasteiger partial charge in [-0.05, 0) is 24.4 Å². The van der Waals surface area contributed by atoms with E-state index in [0.29, 0.717) is 6.07 Å². The average molecular weight is 260 g/mol. The van der Waals surface area contributed by atoms with Gasteiger partial charge >= 0.3 is 6.18 Å². The van der Waals surface area contributed by atoms with Gasteiger partial charge in [-0.15, -0.1) is 0 Å². The third-order valence-corrected chi connectivity index (χ3v) is 2.10. The van der Waals surface area contributed by atoms with E-state index >= 15 is 0 Å². The van der Waals surface area contributed by atoms with E-state index in [0.717, 1.165) is 12.1 Å². The summed E-state index contributed by atoms with van der Waals surface area (Å²) in [5.41, 5.74) is -1.35. The van der Waals surface area contributed by atoms with Crippen LogP contribution in [0.2, 0.25) is 0 Å². The minimum absolute atomic E-state index is 0.0801. The fraction of sp³-hybridized carbons (Fsp3) is 0.273. The first kappa shape index (κ1) is 14.0. The molecule has 0 amide bonds. The monoisotopic (exact) mass is 260 g/mol. The van der Waals surface area contributed by atoms with Crippen molar-refractivity contribution in [2.24, 2.45) is 0 Å². The molecule has 0 atom stereocenters. The van der Waals surface area contributed by atoms with Gasteiger partial charge in [0.05, 0.1) is 16.1 Å². The molecular formula is C11H11F3N2O2. The van der Waals surface area contributed by atoms with Crippen molar-refractivity contribution in [3.63, 3.8) is 0 Å². The van der Waals surface area contributed by atoms with Crippen LogP contribution in [0.5, 0.6) is 0 Å². The molecule has 7 heteroatoms. The van der Waals surface area contributed by atoms with Gasteiger partial charge in [-0.25, -0.2) is 0 Å². The van der Waals surface area contributed by atoms with Crippen molar-refractivity contribution in [2.45, 2.75) is 6.18 Å². The van der Waals surface area contributed by atoms with Gasteiger partial charge in [0.15, 0.2) is 0 Å². The molecule has 0 aliphatic heterocycles. The Bertz CT molecular complexity index is 482. The third-order valence-electron chi connectivity index (χ3n) is 2.10. The SMILES string of the molecule is CN(C)C=Cc1cc(C(F)(F)F)ccc1[N+](=O)[O-]. The van der Waals surface area contributed by atoms with Crippen molar-refractivity contribution >= 4 is 11.8 Å². The summed E-state index contributed by atoms with van der Waals surface area (Å²) in [7, 11) is 3.33. The molecule has 98 valence electrons. The van der Waals surface area contributed by atoms with Crippen molar-refractivity contribution in [1.29, 1.82) is 0 Å². The van der Waals surface area contributed by atoms with Crippen molar-refractivity contribution < 1.29 is 18.1 Å². The van der Waals surface area contributed by atoms with Gasteiger partial charge in [0.1, 0.15) is 0 Å². The molecule has 0 N–H and O–H groups in total. The molecule has 1 aromatic rings. The van der Waals surface area contributed by atoms with Crippen LogP contribution in [-0.4, -0.2) is 23.9 Å². The molecule has 0 unspecified atom stereocenters. The summed E-state index contributed by atoms with van der Waals surface area (Å²) in [5, 5.41) is 10.7. The minimum Gasteiger partial charge on any atom is -0.383 e. The fourth-order valence-corrected chi connectivity index (χ4v) is 1.26. The molecule has 0 aliphatic carbocycles. The lowest BCUT2D eigenvalue weighted by atomic mass is 10.1. The van der Waals surface area contributed by atoms with Crippen LogP contribution in [0.15, 0.2) is 24.4 Å². The van der Waals surface area contributed by atoms with Crippen molar-refractivity contribution in [1.82, 2.24) is 4.90 Å². The molecule has 0 saturated carbocycles. The average Bonchev–Trinajstić information content (AvgIpc) is 2.24. The number of benzene rings is 1. The second-order valence-corrected chi connectivity index (χ2v) is 3.81. The Morgan fingerprint density at radius 3 is 2.39 bits per heavy atom. The molecule has 0 saturated heterocycles. The largest absolute Gasteiger partial charge is 0.416 e. The summed E-state index contributed by atoms with van der Waals surface area (Å²) < 4.78 is 37.5. The van der Waals surface area contributed by atoms with Crippen molar-refractivity contribution in [3.8, 4) is 0 Å². The maximum absolute atomic E-state index is 12.5. The Hall–Kier alpha value is -2.05. The molecule has 0 aliphatic rings. The fourth-order valence-electron chi connectivity index (χ4n) is 1.26. The zero-order valence-corrected chi connectivity index (χ0v) is 9.73. The van der Waals surface area contributed by atoms with E-state index in [1.54, 1.807) is 19.0 Å². The van der Waals surface area contributed by atoms with Crippen LogP contribution in [0.3, 0.4) is 0 Å². The van der Waals surface area contributed by atoms with E-state index in [4.69, 9.17) is 0 Å². The lowest BCUT2D eigenvalue weighted by Gasteiger charge is -2.08. The quantitative estimate of drug-likeness (QED) is 0.619. The molecule has 1 rings (SSSR count). The Labute approximate surface area is 101 Å². The molecule has 4 nitrogen and oxygen atoms in total. The number of nitrogens with zero attached hydrogens (tertiary/aromatic N) is 2. The van der Waals surface area contributed by atoms with Crippen LogP contribution in [0.4, 0.5) is 18.9 Å². The maximum atomic E-state index is 12.5. The Morgan fingerprint density at radius 1 is 1.33 bits per heavy atom. The minimum atomic E-state index is -4.52. The highest BCUT2D eigenvalue weighted by atomic mass is 19.4. The third kappa shape index (κ3) is 3.47. The number of hydrogen-bond donors (Lipinski definition) is 0. The molecule has 1 aromatic carbocycles. The van der Waals surface area contributed by atoms with Gasteiger partial charge in [0, 0.05) is 20.2 Å². The number of nitro groups is 1. The van der Waals surface area contributed by atoms with E-state index in [1.165, 1.54) is 12.3 Å². The van der Waals surface area contributed by atoms with Crippen molar-refractivity contribution in [2.75, 3.05) is 14.1 Å². The molecule has 0 bridgehead atoms. The van der Waals surface area contributed by atoms with Gasteiger partial charge in [-0.1, -0.05) is 0 Å². The smallest absolute Gasteiger partial charge is 0.383 e. The first-order valence-corrected chi connectivity index (χ1v) is 4.92. The van der Waals surface area contributed by atoms with E-state index in [-0.39, 0.29) is 11.3 Å². The summed E-state index contributed by atoms with van der Waals surface area (Å²) in [6.45, 7) is 0. The molecule has 0 radical (unpaired) electrons. The molecule has 0 heterocycles. The number of hydrogen-bond acceptors (Lipinski definition) is 3.